The molecule has 0 aliphatic rings. The van der Waals surface area contributed by atoms with E-state index in [-0.39, 0.29) is 0 Å². The van der Waals surface area contributed by atoms with Crippen molar-refractivity contribution >= 4 is 22.7 Å². The molecule has 2 rings (SSSR count). The Morgan fingerprint density at radius 2 is 0.893 bits per heavy atom. The summed E-state index contributed by atoms with van der Waals surface area (Å²) in [5.41, 5.74) is 2.52. The highest BCUT2D eigenvalue weighted by molar-refractivity contribution is 7.19. The second-order valence-electron chi connectivity index (χ2n) is 8.03. The molecule has 0 bridgehead atoms. The van der Waals surface area contributed by atoms with Crippen LogP contribution in [-0.4, -0.2) is 9.97 Å². The Morgan fingerprint density at radius 1 is 0.536 bits per heavy atom. The first-order chi connectivity index (χ1) is 13.8. The van der Waals surface area contributed by atoms with Gasteiger partial charge in [-0.3, -0.25) is 0 Å². The van der Waals surface area contributed by atoms with E-state index < -0.39 is 0 Å². The van der Waals surface area contributed by atoms with Crippen LogP contribution in [0.3, 0.4) is 0 Å². The smallest absolute Gasteiger partial charge is 0.152 e. The molecular formula is C24H40N2S2. The van der Waals surface area contributed by atoms with E-state index in [1.165, 1.54) is 101 Å². The van der Waals surface area contributed by atoms with Gasteiger partial charge in [-0.05, 0) is 25.7 Å². The van der Waals surface area contributed by atoms with Gasteiger partial charge in [0, 0.05) is 10.8 Å². The van der Waals surface area contributed by atoms with E-state index in [1.807, 2.05) is 0 Å². The molecule has 2 heterocycles. The Morgan fingerprint density at radius 3 is 1.29 bits per heavy atom. The van der Waals surface area contributed by atoms with Crippen molar-refractivity contribution in [1.82, 2.24) is 9.97 Å². The molecule has 2 nitrogen and oxygen atoms in total. The number of aryl methyl sites for hydroxylation is 2. The number of hydrogen-bond acceptors (Lipinski definition) is 4. The zero-order chi connectivity index (χ0) is 19.9. The quantitative estimate of drug-likeness (QED) is 0.239. The van der Waals surface area contributed by atoms with Crippen molar-refractivity contribution in [1.29, 1.82) is 0 Å². The fraction of sp³-hybridized carbons (Fsp3) is 0.750. The third-order valence-electron chi connectivity index (χ3n) is 5.36. The molecule has 0 fully saturated rings. The summed E-state index contributed by atoms with van der Waals surface area (Å²) in [6.45, 7) is 4.56. The van der Waals surface area contributed by atoms with Crippen LogP contribution in [0.4, 0.5) is 0 Å². The maximum Gasteiger partial charge on any atom is 0.152 e. The van der Waals surface area contributed by atoms with E-state index in [0.29, 0.717) is 0 Å². The molecule has 0 radical (unpaired) electrons. The maximum absolute atomic E-state index is 4.85. The predicted octanol–water partition coefficient (Wildman–Crippen LogP) is 8.85. The fourth-order valence-corrected chi connectivity index (χ4v) is 5.32. The minimum atomic E-state index is 1.12. The van der Waals surface area contributed by atoms with Gasteiger partial charge in [0.15, 0.2) is 10.0 Å². The number of aromatic nitrogens is 2. The van der Waals surface area contributed by atoms with Gasteiger partial charge in [0.1, 0.15) is 0 Å². The zero-order valence-corrected chi connectivity index (χ0v) is 19.8. The van der Waals surface area contributed by atoms with Gasteiger partial charge in [-0.25, -0.2) is 9.97 Å². The highest BCUT2D eigenvalue weighted by Crippen LogP contribution is 2.28. The number of hydrogen-bond donors (Lipinski definition) is 0. The van der Waals surface area contributed by atoms with Gasteiger partial charge in [0.25, 0.3) is 0 Å². The second kappa shape index (κ2) is 15.1. The van der Waals surface area contributed by atoms with Crippen molar-refractivity contribution in [2.45, 2.75) is 117 Å². The highest BCUT2D eigenvalue weighted by atomic mass is 32.1. The van der Waals surface area contributed by atoms with E-state index in [4.69, 9.17) is 9.97 Å². The van der Waals surface area contributed by atoms with Gasteiger partial charge in [0.05, 0.1) is 11.4 Å². The lowest BCUT2D eigenvalue weighted by Gasteiger charge is -2.00. The van der Waals surface area contributed by atoms with Crippen molar-refractivity contribution in [3.05, 3.63) is 22.1 Å². The van der Waals surface area contributed by atoms with Crippen molar-refractivity contribution < 1.29 is 0 Å². The summed E-state index contributed by atoms with van der Waals surface area (Å²) in [7, 11) is 0. The van der Waals surface area contributed by atoms with Crippen molar-refractivity contribution in [3.8, 4) is 10.0 Å². The van der Waals surface area contributed by atoms with Gasteiger partial charge in [0.2, 0.25) is 0 Å². The normalized spacial score (nSPS) is 11.4. The molecule has 0 saturated carbocycles. The first kappa shape index (κ1) is 23.5. The summed E-state index contributed by atoms with van der Waals surface area (Å²) in [4.78, 5) is 9.69. The Labute approximate surface area is 181 Å². The van der Waals surface area contributed by atoms with Crippen LogP contribution in [0, 0.1) is 0 Å². The van der Waals surface area contributed by atoms with E-state index >= 15 is 0 Å². The molecule has 0 N–H and O–H groups in total. The molecule has 0 saturated heterocycles. The first-order valence-electron chi connectivity index (χ1n) is 11.7. The number of thiazole rings is 2. The Bertz CT molecular complexity index is 563. The van der Waals surface area contributed by atoms with Crippen LogP contribution in [0.1, 0.15) is 115 Å². The van der Waals surface area contributed by atoms with E-state index in [2.05, 4.69) is 24.6 Å². The Kier molecular flexibility index (Phi) is 12.7. The summed E-state index contributed by atoms with van der Waals surface area (Å²) in [5.74, 6) is 0. The molecule has 0 atom stereocenters. The third-order valence-corrected chi connectivity index (χ3v) is 7.28. The average molecular weight is 421 g/mol. The minimum absolute atomic E-state index is 1.12. The largest absolute Gasteiger partial charge is 0.239 e. The number of rotatable bonds is 17. The summed E-state index contributed by atoms with van der Waals surface area (Å²) in [6.07, 6.45) is 21.3. The maximum atomic E-state index is 4.85. The van der Waals surface area contributed by atoms with Crippen molar-refractivity contribution in [2.24, 2.45) is 0 Å². The molecule has 0 aliphatic heterocycles. The van der Waals surface area contributed by atoms with E-state index in [0.717, 1.165) is 22.9 Å². The molecule has 4 heteroatoms. The van der Waals surface area contributed by atoms with Crippen LogP contribution < -0.4 is 0 Å². The lowest BCUT2D eigenvalue weighted by atomic mass is 10.1. The van der Waals surface area contributed by atoms with Gasteiger partial charge >= 0.3 is 0 Å². The standard InChI is InChI=1S/C24H40N2S2/c1-3-5-7-9-11-13-15-17-21-19-27-23(25-21)24-26-22(20-28-24)18-16-14-12-10-8-6-4-2/h19-20H,3-18H2,1-2H3. The monoisotopic (exact) mass is 420 g/mol. The third kappa shape index (κ3) is 9.65. The molecule has 0 aromatic carbocycles. The average Bonchev–Trinajstić information content (AvgIpc) is 3.36. The molecule has 0 unspecified atom stereocenters. The van der Waals surface area contributed by atoms with Crippen LogP contribution in [0.2, 0.25) is 0 Å². The SMILES string of the molecule is CCCCCCCCCc1csc(-c2nc(CCCCCCCCC)cs2)n1. The molecular weight excluding hydrogens is 380 g/mol. The van der Waals surface area contributed by atoms with Crippen LogP contribution >= 0.6 is 22.7 Å². The number of nitrogens with zero attached hydrogens (tertiary/aromatic N) is 2. The van der Waals surface area contributed by atoms with Crippen LogP contribution in [-0.2, 0) is 12.8 Å². The molecule has 2 aromatic heterocycles. The summed E-state index contributed by atoms with van der Waals surface area (Å²) >= 11 is 3.53. The lowest BCUT2D eigenvalue weighted by Crippen LogP contribution is -1.88. The molecule has 0 aliphatic carbocycles. The topological polar surface area (TPSA) is 25.8 Å². The van der Waals surface area contributed by atoms with Gasteiger partial charge in [-0.15, -0.1) is 22.7 Å². The Balaban J connectivity index is 1.62. The lowest BCUT2D eigenvalue weighted by molar-refractivity contribution is 0.587. The number of unbranched alkanes of at least 4 members (excludes halogenated alkanes) is 12. The minimum Gasteiger partial charge on any atom is -0.239 e. The van der Waals surface area contributed by atoms with E-state index in [9.17, 15) is 0 Å². The first-order valence-corrected chi connectivity index (χ1v) is 13.5. The van der Waals surface area contributed by atoms with Gasteiger partial charge in [-0.2, -0.15) is 0 Å². The molecule has 2 aromatic rings. The van der Waals surface area contributed by atoms with Crippen LogP contribution in [0.15, 0.2) is 10.8 Å². The molecule has 0 amide bonds. The van der Waals surface area contributed by atoms with Crippen molar-refractivity contribution in [3.63, 3.8) is 0 Å². The summed E-state index contributed by atoms with van der Waals surface area (Å²) in [5, 5.41) is 6.72. The molecule has 28 heavy (non-hydrogen) atoms. The van der Waals surface area contributed by atoms with Crippen LogP contribution in [0.5, 0.6) is 0 Å². The van der Waals surface area contributed by atoms with Gasteiger partial charge in [-0.1, -0.05) is 90.9 Å². The van der Waals surface area contributed by atoms with E-state index in [1.54, 1.807) is 22.7 Å². The Hall–Kier alpha value is -0.740. The van der Waals surface area contributed by atoms with Crippen LogP contribution in [0.25, 0.3) is 10.0 Å². The fourth-order valence-electron chi connectivity index (χ4n) is 3.57. The molecule has 158 valence electrons. The highest BCUT2D eigenvalue weighted by Gasteiger charge is 2.09. The second-order valence-corrected chi connectivity index (χ2v) is 9.75. The van der Waals surface area contributed by atoms with Crippen molar-refractivity contribution in [2.75, 3.05) is 0 Å². The van der Waals surface area contributed by atoms with Gasteiger partial charge < -0.3 is 0 Å². The predicted molar refractivity (Wildman–Crippen MR) is 127 cm³/mol. The zero-order valence-electron chi connectivity index (χ0n) is 18.2. The summed E-state index contributed by atoms with van der Waals surface area (Å²) < 4.78 is 0. The summed E-state index contributed by atoms with van der Waals surface area (Å²) in [6, 6.07) is 0. The molecule has 0 spiro atoms.